The second-order valence-corrected chi connectivity index (χ2v) is 7.18. The number of nitrogens with two attached hydrogens (primary N) is 1. The molecule has 1 aromatic rings. The van der Waals surface area contributed by atoms with Crippen LogP contribution in [0.4, 0.5) is 5.69 Å². The number of benzene rings is 1. The molecule has 102 valence electrons. The number of hydrogen-bond acceptors (Lipinski definition) is 4. The van der Waals surface area contributed by atoms with Crippen molar-refractivity contribution in [2.75, 3.05) is 19.3 Å². The van der Waals surface area contributed by atoms with Crippen molar-refractivity contribution in [2.24, 2.45) is 0 Å². The molecule has 0 aliphatic rings. The predicted octanol–water partition coefficient (Wildman–Crippen LogP) is 1.31. The van der Waals surface area contributed by atoms with E-state index in [2.05, 4.69) is 0 Å². The molecule has 0 radical (unpaired) electrons. The number of halogens is 1. The van der Waals surface area contributed by atoms with Crippen LogP contribution in [0.3, 0.4) is 0 Å². The minimum Gasteiger partial charge on any atom is -0.399 e. The second kappa shape index (κ2) is 5.05. The zero-order valence-corrected chi connectivity index (χ0v) is 12.1. The molecule has 0 aromatic heterocycles. The van der Waals surface area contributed by atoms with Crippen LogP contribution >= 0.6 is 11.6 Å². The molecule has 0 aliphatic heterocycles. The Bertz CT molecular complexity index is 538. The van der Waals surface area contributed by atoms with E-state index in [0.29, 0.717) is 5.69 Å². The van der Waals surface area contributed by atoms with Gasteiger partial charge in [-0.2, -0.15) is 4.31 Å². The van der Waals surface area contributed by atoms with E-state index < -0.39 is 15.6 Å². The summed E-state index contributed by atoms with van der Waals surface area (Å²) >= 11 is 5.88. The van der Waals surface area contributed by atoms with Gasteiger partial charge in [0.15, 0.2) is 0 Å². The smallest absolute Gasteiger partial charge is 0.244 e. The first-order valence-corrected chi connectivity index (χ1v) is 7.09. The maximum Gasteiger partial charge on any atom is 0.244 e. The van der Waals surface area contributed by atoms with Crippen LogP contribution in [0.5, 0.6) is 0 Å². The Morgan fingerprint density at radius 1 is 1.44 bits per heavy atom. The van der Waals surface area contributed by atoms with E-state index in [1.165, 1.54) is 39.1 Å². The lowest BCUT2D eigenvalue weighted by atomic mass is 10.1. The van der Waals surface area contributed by atoms with E-state index in [1.54, 1.807) is 0 Å². The van der Waals surface area contributed by atoms with Crippen LogP contribution in [-0.2, 0) is 10.0 Å². The van der Waals surface area contributed by atoms with E-state index in [4.69, 9.17) is 17.3 Å². The minimum atomic E-state index is -3.73. The number of sulfonamides is 1. The molecule has 5 nitrogen and oxygen atoms in total. The highest BCUT2D eigenvalue weighted by Crippen LogP contribution is 2.26. The van der Waals surface area contributed by atoms with Crippen molar-refractivity contribution in [2.45, 2.75) is 24.3 Å². The molecule has 0 spiro atoms. The van der Waals surface area contributed by atoms with Gasteiger partial charge in [0, 0.05) is 19.3 Å². The van der Waals surface area contributed by atoms with E-state index in [1.807, 2.05) is 0 Å². The summed E-state index contributed by atoms with van der Waals surface area (Å²) in [6.07, 6.45) is 0. The number of aliphatic hydroxyl groups is 1. The molecule has 1 aromatic carbocycles. The molecule has 0 bridgehead atoms. The molecule has 0 aliphatic carbocycles. The highest BCUT2D eigenvalue weighted by molar-refractivity contribution is 7.89. The van der Waals surface area contributed by atoms with Crippen molar-refractivity contribution in [3.05, 3.63) is 23.2 Å². The third-order valence-electron chi connectivity index (χ3n) is 2.25. The summed E-state index contributed by atoms with van der Waals surface area (Å²) in [4.78, 5) is -0.0230. The monoisotopic (exact) mass is 292 g/mol. The highest BCUT2D eigenvalue weighted by Gasteiger charge is 2.28. The van der Waals surface area contributed by atoms with E-state index >= 15 is 0 Å². The molecular formula is C11H17ClN2O3S. The molecule has 7 heteroatoms. The number of nitrogen functional groups attached to an aromatic ring is 1. The molecule has 0 unspecified atom stereocenters. The number of nitrogens with zero attached hydrogens (tertiary/aromatic N) is 1. The fraction of sp³-hybridized carbons (Fsp3) is 0.455. The fourth-order valence-electron chi connectivity index (χ4n) is 1.52. The zero-order valence-electron chi connectivity index (χ0n) is 10.5. The first-order valence-electron chi connectivity index (χ1n) is 5.28. The predicted molar refractivity (Wildman–Crippen MR) is 72.0 cm³/mol. The summed E-state index contributed by atoms with van der Waals surface area (Å²) in [5.41, 5.74) is 4.79. The summed E-state index contributed by atoms with van der Waals surface area (Å²) in [7, 11) is -2.34. The van der Waals surface area contributed by atoms with Crippen LogP contribution in [0.15, 0.2) is 23.1 Å². The summed E-state index contributed by atoms with van der Waals surface area (Å²) in [5, 5.41) is 9.72. The average Bonchev–Trinajstić information content (AvgIpc) is 2.13. The molecule has 0 fully saturated rings. The normalized spacial score (nSPS) is 13.0. The lowest BCUT2D eigenvalue weighted by Gasteiger charge is -2.25. The van der Waals surface area contributed by atoms with Gasteiger partial charge < -0.3 is 10.8 Å². The Kier molecular flexibility index (Phi) is 4.27. The van der Waals surface area contributed by atoms with Crippen LogP contribution in [0.1, 0.15) is 13.8 Å². The van der Waals surface area contributed by atoms with E-state index in [-0.39, 0.29) is 16.5 Å². The summed E-state index contributed by atoms with van der Waals surface area (Å²) in [6, 6.07) is 4.21. The Hall–Kier alpha value is -0.820. The molecule has 0 atom stereocenters. The van der Waals surface area contributed by atoms with Crippen molar-refractivity contribution < 1.29 is 13.5 Å². The third-order valence-corrected chi connectivity index (χ3v) is 4.54. The Labute approximate surface area is 112 Å². The number of anilines is 1. The van der Waals surface area contributed by atoms with Gasteiger partial charge in [-0.1, -0.05) is 11.6 Å². The summed E-state index contributed by atoms with van der Waals surface area (Å²) in [5.74, 6) is 0. The van der Waals surface area contributed by atoms with Crippen molar-refractivity contribution >= 4 is 27.3 Å². The van der Waals surface area contributed by atoms with Crippen LogP contribution in [0.25, 0.3) is 0 Å². The minimum absolute atomic E-state index is 0.0230. The number of rotatable bonds is 4. The van der Waals surface area contributed by atoms with Crippen LogP contribution < -0.4 is 5.73 Å². The Morgan fingerprint density at radius 2 is 2.00 bits per heavy atom. The van der Waals surface area contributed by atoms with Gasteiger partial charge in [0.1, 0.15) is 4.90 Å². The second-order valence-electron chi connectivity index (χ2n) is 4.76. The van der Waals surface area contributed by atoms with Gasteiger partial charge in [0.05, 0.1) is 10.6 Å². The van der Waals surface area contributed by atoms with E-state index in [9.17, 15) is 13.5 Å². The topological polar surface area (TPSA) is 83.6 Å². The molecule has 0 saturated carbocycles. The Balaban J connectivity index is 3.14. The first-order chi connectivity index (χ1) is 8.04. The molecular weight excluding hydrogens is 276 g/mol. The quantitative estimate of drug-likeness (QED) is 0.820. The largest absolute Gasteiger partial charge is 0.399 e. The van der Waals surface area contributed by atoms with Crippen molar-refractivity contribution in [3.63, 3.8) is 0 Å². The highest BCUT2D eigenvalue weighted by atomic mass is 35.5. The third kappa shape index (κ3) is 3.58. The van der Waals surface area contributed by atoms with Gasteiger partial charge in [-0.25, -0.2) is 8.42 Å². The number of hydrogen-bond donors (Lipinski definition) is 2. The molecule has 18 heavy (non-hydrogen) atoms. The van der Waals surface area contributed by atoms with Gasteiger partial charge in [-0.15, -0.1) is 0 Å². The van der Waals surface area contributed by atoms with E-state index in [0.717, 1.165) is 4.31 Å². The Morgan fingerprint density at radius 3 is 2.44 bits per heavy atom. The van der Waals surface area contributed by atoms with Crippen molar-refractivity contribution in [1.29, 1.82) is 0 Å². The molecule has 0 heterocycles. The lowest BCUT2D eigenvalue weighted by molar-refractivity contribution is 0.0640. The maximum atomic E-state index is 12.2. The molecule has 0 amide bonds. The van der Waals surface area contributed by atoms with Crippen LogP contribution in [-0.4, -0.2) is 37.0 Å². The maximum absolute atomic E-state index is 12.2. The van der Waals surface area contributed by atoms with Crippen LogP contribution in [0.2, 0.25) is 5.02 Å². The van der Waals surface area contributed by atoms with Crippen LogP contribution in [0, 0.1) is 0 Å². The van der Waals surface area contributed by atoms with Crippen molar-refractivity contribution in [3.8, 4) is 0 Å². The fourth-order valence-corrected chi connectivity index (χ4v) is 3.37. The molecule has 1 rings (SSSR count). The molecule has 3 N–H and O–H groups in total. The number of likely N-dealkylation sites (N-methyl/N-ethyl adjacent to an activating group) is 1. The SMILES string of the molecule is CN(CC(C)(C)O)S(=O)(=O)c1ccc(N)cc1Cl. The zero-order chi connectivity index (χ0) is 14.1. The van der Waals surface area contributed by atoms with Gasteiger partial charge >= 0.3 is 0 Å². The van der Waals surface area contributed by atoms with Crippen molar-refractivity contribution in [1.82, 2.24) is 4.31 Å². The lowest BCUT2D eigenvalue weighted by Crippen LogP contribution is -2.39. The van der Waals surface area contributed by atoms with Gasteiger partial charge in [0.25, 0.3) is 0 Å². The molecule has 0 saturated heterocycles. The van der Waals surface area contributed by atoms with Gasteiger partial charge in [-0.05, 0) is 32.0 Å². The van der Waals surface area contributed by atoms with Gasteiger partial charge in [0.2, 0.25) is 10.0 Å². The van der Waals surface area contributed by atoms with Gasteiger partial charge in [-0.3, -0.25) is 0 Å². The standard InChI is InChI=1S/C11H17ClN2O3S/c1-11(2,15)7-14(3)18(16,17)10-5-4-8(13)6-9(10)12/h4-6,15H,7,13H2,1-3H3. The summed E-state index contributed by atoms with van der Waals surface area (Å²) < 4.78 is 25.5. The summed E-state index contributed by atoms with van der Waals surface area (Å²) in [6.45, 7) is 3.03. The average molecular weight is 293 g/mol. The first kappa shape index (κ1) is 15.2.